The third-order valence-electron chi connectivity index (χ3n) is 3.50. The molecular formula is C15H20ClNO3. The van der Waals surface area contributed by atoms with Crippen LogP contribution in [0.2, 0.25) is 5.02 Å². The van der Waals surface area contributed by atoms with Crippen LogP contribution < -0.4 is 10.2 Å². The minimum absolute atomic E-state index is 0.0937. The second-order valence-electron chi connectivity index (χ2n) is 5.02. The molecule has 1 aliphatic carbocycles. The van der Waals surface area contributed by atoms with E-state index in [1.54, 1.807) is 7.11 Å². The first-order chi connectivity index (χ1) is 9.69. The number of nitrogens with one attached hydrogen (secondary N) is 1. The first-order valence-corrected chi connectivity index (χ1v) is 7.33. The Kier molecular flexibility index (Phi) is 5.68. The molecule has 0 aliphatic heterocycles. The van der Waals surface area contributed by atoms with Crippen molar-refractivity contribution in [3.63, 3.8) is 0 Å². The fourth-order valence-electron chi connectivity index (χ4n) is 2.33. The van der Waals surface area contributed by atoms with Crippen LogP contribution in [0.5, 0.6) is 5.75 Å². The van der Waals surface area contributed by atoms with E-state index >= 15 is 0 Å². The molecule has 20 heavy (non-hydrogen) atoms. The Morgan fingerprint density at radius 2 is 2.15 bits per heavy atom. The number of rotatable bonds is 6. The Balaban J connectivity index is 1.73. The van der Waals surface area contributed by atoms with E-state index in [-0.39, 0.29) is 12.0 Å². The number of benzene rings is 1. The molecule has 1 fully saturated rings. The van der Waals surface area contributed by atoms with E-state index in [1.807, 2.05) is 18.2 Å². The zero-order valence-electron chi connectivity index (χ0n) is 11.7. The summed E-state index contributed by atoms with van der Waals surface area (Å²) < 4.78 is 5.09. The molecule has 0 bridgehead atoms. The minimum Gasteiger partial charge on any atom is -0.495 e. The third kappa shape index (κ3) is 4.39. The molecule has 0 unspecified atom stereocenters. The largest absolute Gasteiger partial charge is 0.495 e. The van der Waals surface area contributed by atoms with E-state index in [0.717, 1.165) is 18.4 Å². The second kappa shape index (κ2) is 7.50. The molecular weight excluding hydrogens is 278 g/mol. The van der Waals surface area contributed by atoms with Crippen LogP contribution in [0.3, 0.4) is 0 Å². The molecule has 1 aromatic carbocycles. The van der Waals surface area contributed by atoms with Crippen molar-refractivity contribution in [2.24, 2.45) is 0 Å². The van der Waals surface area contributed by atoms with E-state index in [2.05, 4.69) is 5.48 Å². The van der Waals surface area contributed by atoms with Gasteiger partial charge in [-0.2, -0.15) is 0 Å². The second-order valence-corrected chi connectivity index (χ2v) is 5.43. The fourth-order valence-corrected chi connectivity index (χ4v) is 2.61. The summed E-state index contributed by atoms with van der Waals surface area (Å²) in [5.74, 6) is 0.549. The molecule has 1 saturated carbocycles. The molecule has 2 rings (SSSR count). The van der Waals surface area contributed by atoms with Crippen molar-refractivity contribution in [1.82, 2.24) is 5.48 Å². The number of carbonyl (C=O) groups is 1. The van der Waals surface area contributed by atoms with Gasteiger partial charge in [-0.15, -0.1) is 0 Å². The smallest absolute Gasteiger partial charge is 0.243 e. The molecule has 0 spiro atoms. The number of amides is 1. The molecule has 0 saturated heterocycles. The molecule has 0 heterocycles. The molecule has 0 aromatic heterocycles. The van der Waals surface area contributed by atoms with Crippen molar-refractivity contribution in [2.75, 3.05) is 7.11 Å². The minimum atomic E-state index is -0.0937. The maximum Gasteiger partial charge on any atom is 0.243 e. The Morgan fingerprint density at radius 3 is 2.80 bits per heavy atom. The van der Waals surface area contributed by atoms with Gasteiger partial charge in [-0.25, -0.2) is 5.48 Å². The highest BCUT2D eigenvalue weighted by atomic mass is 35.5. The summed E-state index contributed by atoms with van der Waals surface area (Å²) in [7, 11) is 1.58. The van der Waals surface area contributed by atoms with E-state index in [0.29, 0.717) is 23.6 Å². The highest BCUT2D eigenvalue weighted by Crippen LogP contribution is 2.25. The summed E-state index contributed by atoms with van der Waals surface area (Å²) >= 11 is 6.04. The zero-order chi connectivity index (χ0) is 14.4. The summed E-state index contributed by atoms with van der Waals surface area (Å²) in [5, 5.41) is 0.563. The number of halogens is 1. The molecule has 110 valence electrons. The van der Waals surface area contributed by atoms with Crippen molar-refractivity contribution < 1.29 is 14.4 Å². The van der Waals surface area contributed by atoms with Crippen LogP contribution in [0.1, 0.15) is 37.7 Å². The van der Waals surface area contributed by atoms with Crippen molar-refractivity contribution in [2.45, 2.75) is 44.6 Å². The number of ether oxygens (including phenoxy) is 1. The van der Waals surface area contributed by atoms with Crippen LogP contribution in [-0.4, -0.2) is 19.1 Å². The van der Waals surface area contributed by atoms with Crippen LogP contribution in [-0.2, 0) is 16.1 Å². The van der Waals surface area contributed by atoms with Crippen LogP contribution in [0.25, 0.3) is 0 Å². The quantitative estimate of drug-likeness (QED) is 0.820. The van der Waals surface area contributed by atoms with Gasteiger partial charge in [-0.1, -0.05) is 30.5 Å². The highest BCUT2D eigenvalue weighted by molar-refractivity contribution is 6.32. The molecule has 4 nitrogen and oxygen atoms in total. The van der Waals surface area contributed by atoms with Gasteiger partial charge in [0.05, 0.1) is 18.2 Å². The van der Waals surface area contributed by atoms with Gasteiger partial charge in [-0.3, -0.25) is 9.63 Å². The van der Waals surface area contributed by atoms with Gasteiger partial charge in [0, 0.05) is 6.42 Å². The van der Waals surface area contributed by atoms with Crippen molar-refractivity contribution in [1.29, 1.82) is 0 Å². The zero-order valence-corrected chi connectivity index (χ0v) is 12.4. The predicted molar refractivity (Wildman–Crippen MR) is 77.8 cm³/mol. The van der Waals surface area contributed by atoms with E-state index in [4.69, 9.17) is 21.2 Å². The Bertz CT molecular complexity index is 458. The molecule has 1 amide bonds. The lowest BCUT2D eigenvalue weighted by Gasteiger charge is -2.11. The van der Waals surface area contributed by atoms with Gasteiger partial charge in [0.25, 0.3) is 0 Å². The maximum atomic E-state index is 11.7. The number of hydroxylamine groups is 1. The molecule has 1 N–H and O–H groups in total. The number of methoxy groups -OCH3 is 1. The van der Waals surface area contributed by atoms with Gasteiger partial charge < -0.3 is 4.74 Å². The first kappa shape index (κ1) is 15.1. The maximum absolute atomic E-state index is 11.7. The SMILES string of the molecule is COc1ccc(CCC(=O)NOC2CCCC2)cc1Cl. The molecule has 1 aliphatic rings. The van der Waals surface area contributed by atoms with Gasteiger partial charge >= 0.3 is 0 Å². The van der Waals surface area contributed by atoms with Gasteiger partial charge in [0.2, 0.25) is 5.91 Å². The monoisotopic (exact) mass is 297 g/mol. The van der Waals surface area contributed by atoms with Crippen molar-refractivity contribution >= 4 is 17.5 Å². The normalized spacial score (nSPS) is 15.3. The summed E-state index contributed by atoms with van der Waals surface area (Å²) in [4.78, 5) is 17.1. The van der Waals surface area contributed by atoms with Crippen LogP contribution in [0.15, 0.2) is 18.2 Å². The van der Waals surface area contributed by atoms with Crippen molar-refractivity contribution in [3.05, 3.63) is 28.8 Å². The van der Waals surface area contributed by atoms with Gasteiger partial charge in [-0.05, 0) is 37.0 Å². The number of hydrogen-bond acceptors (Lipinski definition) is 3. The average molecular weight is 298 g/mol. The van der Waals surface area contributed by atoms with Crippen LogP contribution in [0.4, 0.5) is 0 Å². The third-order valence-corrected chi connectivity index (χ3v) is 3.79. The molecule has 0 radical (unpaired) electrons. The summed E-state index contributed by atoms with van der Waals surface area (Å²) in [6, 6.07) is 5.55. The first-order valence-electron chi connectivity index (χ1n) is 6.96. The van der Waals surface area contributed by atoms with Crippen molar-refractivity contribution in [3.8, 4) is 5.75 Å². The number of carbonyl (C=O) groups excluding carboxylic acids is 1. The Morgan fingerprint density at radius 1 is 1.40 bits per heavy atom. The van der Waals surface area contributed by atoms with E-state index in [1.165, 1.54) is 12.8 Å². The lowest BCUT2D eigenvalue weighted by atomic mass is 10.1. The molecule has 0 atom stereocenters. The Hall–Kier alpha value is -1.26. The van der Waals surface area contributed by atoms with Crippen LogP contribution >= 0.6 is 11.6 Å². The standard InChI is InChI=1S/C15H20ClNO3/c1-19-14-8-6-11(10-13(14)16)7-9-15(18)17-20-12-4-2-3-5-12/h6,8,10,12H,2-5,7,9H2,1H3,(H,17,18). The van der Waals surface area contributed by atoms with E-state index < -0.39 is 0 Å². The van der Waals surface area contributed by atoms with E-state index in [9.17, 15) is 4.79 Å². The highest BCUT2D eigenvalue weighted by Gasteiger charge is 2.16. The molecule has 5 heteroatoms. The summed E-state index contributed by atoms with van der Waals surface area (Å²) in [6.07, 6.45) is 5.65. The fraction of sp³-hybridized carbons (Fsp3) is 0.533. The Labute approximate surface area is 124 Å². The average Bonchev–Trinajstić information content (AvgIpc) is 2.96. The topological polar surface area (TPSA) is 47.6 Å². The molecule has 1 aromatic rings. The van der Waals surface area contributed by atoms with Crippen LogP contribution in [0, 0.1) is 0 Å². The lowest BCUT2D eigenvalue weighted by molar-refractivity contribution is -0.138. The van der Waals surface area contributed by atoms with Gasteiger partial charge in [0.15, 0.2) is 0 Å². The lowest BCUT2D eigenvalue weighted by Crippen LogP contribution is -2.28. The van der Waals surface area contributed by atoms with Gasteiger partial charge in [0.1, 0.15) is 5.75 Å². The summed E-state index contributed by atoms with van der Waals surface area (Å²) in [6.45, 7) is 0. The number of aryl methyl sites for hydroxylation is 1. The predicted octanol–water partition coefficient (Wildman–Crippen LogP) is 3.27. The number of hydrogen-bond donors (Lipinski definition) is 1. The summed E-state index contributed by atoms with van der Waals surface area (Å²) in [5.41, 5.74) is 3.54.